The Morgan fingerprint density at radius 1 is 1.00 bits per heavy atom. The molecule has 0 bridgehead atoms. The lowest BCUT2D eigenvalue weighted by Gasteiger charge is -2.35. The lowest BCUT2D eigenvalue weighted by Crippen LogP contribution is -2.52. The molecule has 0 saturated carbocycles. The van der Waals surface area contributed by atoms with Gasteiger partial charge in [0.2, 0.25) is 15.9 Å². The second kappa shape index (κ2) is 9.92. The summed E-state index contributed by atoms with van der Waals surface area (Å²) < 4.78 is 27.1. The molecule has 162 valence electrons. The second-order valence-electron chi connectivity index (χ2n) is 7.74. The first-order valence-corrected chi connectivity index (χ1v) is 11.9. The largest absolute Gasteiger partial charge is 0.335 e. The van der Waals surface area contributed by atoms with Crippen LogP contribution >= 0.6 is 11.6 Å². The van der Waals surface area contributed by atoms with Gasteiger partial charge in [-0.15, -0.1) is 0 Å². The molecular weight excluding hydrogens is 422 g/mol. The fourth-order valence-corrected chi connectivity index (χ4v) is 5.05. The second-order valence-corrected chi connectivity index (χ2v) is 10.1. The average Bonchev–Trinajstić information content (AvgIpc) is 2.73. The Balaban J connectivity index is 1.58. The van der Waals surface area contributed by atoms with E-state index in [0.29, 0.717) is 44.3 Å². The van der Waals surface area contributed by atoms with Crippen molar-refractivity contribution in [2.75, 3.05) is 32.7 Å². The zero-order valence-electron chi connectivity index (χ0n) is 17.4. The maximum Gasteiger partial charge on any atom is 0.243 e. The number of hydrogen-bond acceptors (Lipinski definition) is 4. The molecule has 6 nitrogen and oxygen atoms in total. The molecule has 1 amide bonds. The van der Waals surface area contributed by atoms with Gasteiger partial charge in [-0.05, 0) is 43.7 Å². The summed E-state index contributed by atoms with van der Waals surface area (Å²) in [5, 5.41) is 0.502. The summed E-state index contributed by atoms with van der Waals surface area (Å²) in [6.45, 7) is 6.65. The molecule has 0 unspecified atom stereocenters. The van der Waals surface area contributed by atoms with Crippen molar-refractivity contribution in [1.29, 1.82) is 0 Å². The average molecular weight is 450 g/mol. The normalized spacial score (nSPS) is 16.0. The van der Waals surface area contributed by atoms with Gasteiger partial charge >= 0.3 is 0 Å². The molecule has 1 aliphatic heterocycles. The Morgan fingerprint density at radius 3 is 2.17 bits per heavy atom. The summed E-state index contributed by atoms with van der Waals surface area (Å²) in [4.78, 5) is 17.1. The Bertz CT molecular complexity index is 941. The molecule has 1 fully saturated rings. The van der Waals surface area contributed by atoms with Crippen LogP contribution in [0.15, 0.2) is 59.5 Å². The molecule has 1 aliphatic rings. The van der Waals surface area contributed by atoms with E-state index in [0.717, 1.165) is 5.56 Å². The van der Waals surface area contributed by atoms with Crippen molar-refractivity contribution < 1.29 is 13.2 Å². The third-order valence-electron chi connectivity index (χ3n) is 5.28. The van der Waals surface area contributed by atoms with Crippen LogP contribution in [0, 0.1) is 0 Å². The number of carbonyl (C=O) groups is 1. The van der Waals surface area contributed by atoms with Gasteiger partial charge < -0.3 is 4.90 Å². The van der Waals surface area contributed by atoms with E-state index in [1.807, 2.05) is 54.0 Å². The van der Waals surface area contributed by atoms with Gasteiger partial charge in [0.1, 0.15) is 0 Å². The van der Waals surface area contributed by atoms with Crippen LogP contribution in [-0.2, 0) is 21.4 Å². The standard InChI is InChI=1S/C22H28ClN3O3S/c1-18(2)26(16-19-6-4-3-5-7-19)22(27)17-24-12-14-25(15-13-24)30(28,29)21-10-8-20(23)9-11-21/h3-11,18H,12-17H2,1-2H3. The van der Waals surface area contributed by atoms with Gasteiger partial charge in [0.25, 0.3) is 0 Å². The minimum atomic E-state index is -3.55. The predicted octanol–water partition coefficient (Wildman–Crippen LogP) is 3.08. The van der Waals surface area contributed by atoms with E-state index < -0.39 is 10.0 Å². The molecule has 0 aromatic heterocycles. The zero-order valence-corrected chi connectivity index (χ0v) is 18.9. The first-order valence-electron chi connectivity index (χ1n) is 10.1. The maximum atomic E-state index is 12.9. The molecule has 1 heterocycles. The first-order chi connectivity index (χ1) is 14.3. The SMILES string of the molecule is CC(C)N(Cc1ccccc1)C(=O)CN1CCN(S(=O)(=O)c2ccc(Cl)cc2)CC1. The highest BCUT2D eigenvalue weighted by molar-refractivity contribution is 7.89. The monoisotopic (exact) mass is 449 g/mol. The van der Waals surface area contributed by atoms with Crippen LogP contribution in [0.5, 0.6) is 0 Å². The molecule has 0 atom stereocenters. The van der Waals surface area contributed by atoms with E-state index >= 15 is 0 Å². The molecule has 0 spiro atoms. The minimum Gasteiger partial charge on any atom is -0.335 e. The molecule has 2 aromatic rings. The molecule has 30 heavy (non-hydrogen) atoms. The van der Waals surface area contributed by atoms with Crippen molar-refractivity contribution in [2.24, 2.45) is 0 Å². The van der Waals surface area contributed by atoms with Gasteiger partial charge in [-0.1, -0.05) is 41.9 Å². The number of benzene rings is 2. The Kier molecular flexibility index (Phi) is 7.52. The van der Waals surface area contributed by atoms with Gasteiger partial charge in [-0.2, -0.15) is 4.31 Å². The molecular formula is C22H28ClN3O3S. The summed E-state index contributed by atoms with van der Waals surface area (Å²) >= 11 is 5.86. The first kappa shape index (κ1) is 22.7. The Morgan fingerprint density at radius 2 is 1.60 bits per heavy atom. The van der Waals surface area contributed by atoms with E-state index in [9.17, 15) is 13.2 Å². The van der Waals surface area contributed by atoms with Gasteiger partial charge in [-0.25, -0.2) is 8.42 Å². The number of nitrogens with zero attached hydrogens (tertiary/aromatic N) is 3. The van der Waals surface area contributed by atoms with Crippen LogP contribution in [0.4, 0.5) is 0 Å². The van der Waals surface area contributed by atoms with Gasteiger partial charge in [0.05, 0.1) is 11.4 Å². The summed E-state index contributed by atoms with van der Waals surface area (Å²) in [6.07, 6.45) is 0. The molecule has 8 heteroatoms. The summed E-state index contributed by atoms with van der Waals surface area (Å²) in [5.41, 5.74) is 1.10. The van der Waals surface area contributed by atoms with Crippen LogP contribution in [-0.4, -0.2) is 67.2 Å². The van der Waals surface area contributed by atoms with Crippen molar-refractivity contribution >= 4 is 27.5 Å². The molecule has 2 aromatic carbocycles. The molecule has 0 N–H and O–H groups in total. The molecule has 1 saturated heterocycles. The smallest absolute Gasteiger partial charge is 0.243 e. The van der Waals surface area contributed by atoms with Crippen LogP contribution in [0.25, 0.3) is 0 Å². The number of carbonyl (C=O) groups excluding carboxylic acids is 1. The zero-order chi connectivity index (χ0) is 21.7. The highest BCUT2D eigenvalue weighted by atomic mass is 35.5. The highest BCUT2D eigenvalue weighted by Gasteiger charge is 2.30. The van der Waals surface area contributed by atoms with Gasteiger partial charge in [0.15, 0.2) is 0 Å². The molecule has 3 rings (SSSR count). The van der Waals surface area contributed by atoms with Gasteiger partial charge in [-0.3, -0.25) is 9.69 Å². The Hall–Kier alpha value is -1.93. The third-order valence-corrected chi connectivity index (χ3v) is 7.45. The van der Waals surface area contributed by atoms with Crippen molar-refractivity contribution in [2.45, 2.75) is 31.3 Å². The van der Waals surface area contributed by atoms with E-state index in [1.165, 1.54) is 16.4 Å². The number of rotatable bonds is 7. The number of sulfonamides is 1. The fourth-order valence-electron chi connectivity index (χ4n) is 3.50. The molecule has 0 radical (unpaired) electrons. The number of amides is 1. The summed E-state index contributed by atoms with van der Waals surface area (Å²) in [6, 6.07) is 16.2. The van der Waals surface area contributed by atoms with E-state index in [1.54, 1.807) is 12.1 Å². The lowest BCUT2D eigenvalue weighted by molar-refractivity contribution is -0.135. The van der Waals surface area contributed by atoms with E-state index in [2.05, 4.69) is 0 Å². The summed E-state index contributed by atoms with van der Waals surface area (Å²) in [5.74, 6) is 0.0582. The van der Waals surface area contributed by atoms with E-state index in [-0.39, 0.29) is 16.8 Å². The number of hydrogen-bond donors (Lipinski definition) is 0. The van der Waals surface area contributed by atoms with Crippen molar-refractivity contribution in [3.63, 3.8) is 0 Å². The third kappa shape index (κ3) is 5.60. The number of halogens is 1. The summed E-state index contributed by atoms with van der Waals surface area (Å²) in [7, 11) is -3.55. The van der Waals surface area contributed by atoms with Crippen LogP contribution in [0.3, 0.4) is 0 Å². The van der Waals surface area contributed by atoms with Crippen LogP contribution < -0.4 is 0 Å². The van der Waals surface area contributed by atoms with E-state index in [4.69, 9.17) is 11.6 Å². The predicted molar refractivity (Wildman–Crippen MR) is 119 cm³/mol. The van der Waals surface area contributed by atoms with Crippen molar-refractivity contribution in [3.8, 4) is 0 Å². The quantitative estimate of drug-likeness (QED) is 0.651. The lowest BCUT2D eigenvalue weighted by atomic mass is 10.2. The van der Waals surface area contributed by atoms with Crippen LogP contribution in [0.1, 0.15) is 19.4 Å². The topological polar surface area (TPSA) is 60.9 Å². The van der Waals surface area contributed by atoms with Gasteiger partial charge in [0, 0.05) is 43.8 Å². The van der Waals surface area contributed by atoms with Crippen molar-refractivity contribution in [1.82, 2.24) is 14.1 Å². The maximum absolute atomic E-state index is 12.9. The van der Waals surface area contributed by atoms with Crippen molar-refractivity contribution in [3.05, 3.63) is 65.2 Å². The Labute approximate surface area is 184 Å². The highest BCUT2D eigenvalue weighted by Crippen LogP contribution is 2.20. The minimum absolute atomic E-state index is 0.0582. The fraction of sp³-hybridized carbons (Fsp3) is 0.409. The number of piperazine rings is 1. The molecule has 0 aliphatic carbocycles. The van der Waals surface area contributed by atoms with Crippen LogP contribution in [0.2, 0.25) is 5.02 Å².